The van der Waals surface area contributed by atoms with Gasteiger partial charge in [-0.2, -0.15) is 0 Å². The summed E-state index contributed by atoms with van der Waals surface area (Å²) < 4.78 is 5.66. The third-order valence-electron chi connectivity index (χ3n) is 2.76. The van der Waals surface area contributed by atoms with Crippen LogP contribution in [0.25, 0.3) is 0 Å². The average Bonchev–Trinajstić information content (AvgIpc) is 2.23. The van der Waals surface area contributed by atoms with E-state index in [4.69, 9.17) is 10.5 Å². The summed E-state index contributed by atoms with van der Waals surface area (Å²) in [6, 6.07) is 6.16. The molecule has 3 heteroatoms. The van der Waals surface area contributed by atoms with Crippen LogP contribution in [0.5, 0.6) is 5.75 Å². The predicted octanol–water partition coefficient (Wildman–Crippen LogP) is 2.17. The molecule has 0 saturated carbocycles. The third kappa shape index (κ3) is 5.20. The SMILES string of the molecule is Cc1cc(C)cc(OCCCC(C)(O)CN)c1. The molecule has 1 aromatic carbocycles. The van der Waals surface area contributed by atoms with Crippen LogP contribution in [0.15, 0.2) is 18.2 Å². The number of aliphatic hydroxyl groups is 1. The van der Waals surface area contributed by atoms with Crippen LogP contribution in [0, 0.1) is 13.8 Å². The molecule has 0 fully saturated rings. The van der Waals surface area contributed by atoms with Gasteiger partial charge < -0.3 is 15.6 Å². The minimum atomic E-state index is -0.772. The van der Waals surface area contributed by atoms with Crippen molar-refractivity contribution in [2.45, 2.75) is 39.2 Å². The zero-order chi connectivity index (χ0) is 12.9. The predicted molar refractivity (Wildman–Crippen MR) is 70.3 cm³/mol. The van der Waals surface area contributed by atoms with E-state index in [-0.39, 0.29) is 6.54 Å². The molecule has 3 nitrogen and oxygen atoms in total. The fourth-order valence-electron chi connectivity index (χ4n) is 1.76. The van der Waals surface area contributed by atoms with Crippen molar-refractivity contribution in [1.82, 2.24) is 0 Å². The lowest BCUT2D eigenvalue weighted by Crippen LogP contribution is -2.34. The average molecular weight is 237 g/mol. The van der Waals surface area contributed by atoms with Gasteiger partial charge in [0.25, 0.3) is 0 Å². The largest absolute Gasteiger partial charge is 0.494 e. The molecular weight excluding hydrogens is 214 g/mol. The maximum absolute atomic E-state index is 9.73. The van der Waals surface area contributed by atoms with Gasteiger partial charge in [0.1, 0.15) is 5.75 Å². The molecule has 0 bridgehead atoms. The van der Waals surface area contributed by atoms with Crippen LogP contribution < -0.4 is 10.5 Å². The number of hydrogen-bond acceptors (Lipinski definition) is 3. The van der Waals surface area contributed by atoms with Crippen LogP contribution >= 0.6 is 0 Å². The Morgan fingerprint density at radius 3 is 2.35 bits per heavy atom. The minimum absolute atomic E-state index is 0.288. The second-order valence-corrected chi connectivity index (χ2v) is 4.98. The lowest BCUT2D eigenvalue weighted by molar-refractivity contribution is 0.0536. The van der Waals surface area contributed by atoms with Crippen molar-refractivity contribution in [3.8, 4) is 5.75 Å². The van der Waals surface area contributed by atoms with E-state index in [1.807, 2.05) is 12.1 Å². The molecular formula is C14H23NO2. The quantitative estimate of drug-likeness (QED) is 0.746. The molecule has 0 aliphatic rings. The maximum atomic E-state index is 9.73. The van der Waals surface area contributed by atoms with Gasteiger partial charge in [-0.3, -0.25) is 0 Å². The summed E-state index contributed by atoms with van der Waals surface area (Å²) in [6.07, 6.45) is 1.46. The molecule has 0 radical (unpaired) electrons. The van der Waals surface area contributed by atoms with Crippen molar-refractivity contribution >= 4 is 0 Å². The van der Waals surface area contributed by atoms with Gasteiger partial charge in [-0.25, -0.2) is 0 Å². The summed E-state index contributed by atoms with van der Waals surface area (Å²) in [7, 11) is 0. The van der Waals surface area contributed by atoms with E-state index in [1.165, 1.54) is 11.1 Å². The molecule has 0 spiro atoms. The molecule has 0 aliphatic heterocycles. The summed E-state index contributed by atoms with van der Waals surface area (Å²) in [5, 5.41) is 9.73. The van der Waals surface area contributed by atoms with E-state index >= 15 is 0 Å². The highest BCUT2D eigenvalue weighted by Gasteiger charge is 2.16. The zero-order valence-electron chi connectivity index (χ0n) is 11.0. The van der Waals surface area contributed by atoms with Crippen LogP contribution in [-0.2, 0) is 0 Å². The van der Waals surface area contributed by atoms with Crippen LogP contribution in [-0.4, -0.2) is 23.9 Å². The lowest BCUT2D eigenvalue weighted by atomic mass is 10.0. The summed E-state index contributed by atoms with van der Waals surface area (Å²) in [5.74, 6) is 0.898. The summed E-state index contributed by atoms with van der Waals surface area (Å²) in [5.41, 5.74) is 7.08. The minimum Gasteiger partial charge on any atom is -0.494 e. The maximum Gasteiger partial charge on any atom is 0.119 e. The van der Waals surface area contributed by atoms with E-state index in [0.29, 0.717) is 13.0 Å². The van der Waals surface area contributed by atoms with E-state index < -0.39 is 5.60 Å². The molecule has 0 aliphatic carbocycles. The molecule has 1 rings (SSSR count). The van der Waals surface area contributed by atoms with Gasteiger partial charge in [-0.1, -0.05) is 6.07 Å². The number of ether oxygens (including phenoxy) is 1. The normalized spacial score (nSPS) is 14.4. The van der Waals surface area contributed by atoms with Crippen molar-refractivity contribution in [3.05, 3.63) is 29.3 Å². The Morgan fingerprint density at radius 2 is 1.82 bits per heavy atom. The number of rotatable bonds is 6. The molecule has 0 heterocycles. The van der Waals surface area contributed by atoms with Gasteiger partial charge in [-0.05, 0) is 56.9 Å². The standard InChI is InChI=1S/C14H23NO2/c1-11-7-12(2)9-13(8-11)17-6-4-5-14(3,16)10-15/h7-9,16H,4-6,10,15H2,1-3H3. The molecule has 1 atom stereocenters. The first-order chi connectivity index (χ1) is 7.93. The van der Waals surface area contributed by atoms with Crippen molar-refractivity contribution in [2.75, 3.05) is 13.2 Å². The molecule has 96 valence electrons. The van der Waals surface area contributed by atoms with Crippen LogP contribution in [0.1, 0.15) is 30.9 Å². The monoisotopic (exact) mass is 237 g/mol. The lowest BCUT2D eigenvalue weighted by Gasteiger charge is -2.20. The first-order valence-corrected chi connectivity index (χ1v) is 6.06. The molecule has 1 aromatic rings. The fraction of sp³-hybridized carbons (Fsp3) is 0.571. The Labute approximate surface area is 104 Å². The Morgan fingerprint density at radius 1 is 1.24 bits per heavy atom. The first kappa shape index (κ1) is 14.0. The first-order valence-electron chi connectivity index (χ1n) is 6.06. The second kappa shape index (κ2) is 6.03. The van der Waals surface area contributed by atoms with E-state index in [1.54, 1.807) is 6.92 Å². The van der Waals surface area contributed by atoms with Crippen LogP contribution in [0.3, 0.4) is 0 Å². The van der Waals surface area contributed by atoms with E-state index in [0.717, 1.165) is 12.2 Å². The van der Waals surface area contributed by atoms with Crippen LogP contribution in [0.2, 0.25) is 0 Å². The molecule has 0 aromatic heterocycles. The van der Waals surface area contributed by atoms with Gasteiger partial charge >= 0.3 is 0 Å². The summed E-state index contributed by atoms with van der Waals surface area (Å²) in [6.45, 7) is 6.76. The molecule has 0 saturated heterocycles. The molecule has 17 heavy (non-hydrogen) atoms. The highest BCUT2D eigenvalue weighted by atomic mass is 16.5. The van der Waals surface area contributed by atoms with Crippen molar-refractivity contribution < 1.29 is 9.84 Å². The zero-order valence-corrected chi connectivity index (χ0v) is 11.0. The Bertz CT molecular complexity index is 341. The van der Waals surface area contributed by atoms with Crippen molar-refractivity contribution in [2.24, 2.45) is 5.73 Å². The number of nitrogens with two attached hydrogens (primary N) is 1. The highest BCUT2D eigenvalue weighted by Crippen LogP contribution is 2.17. The summed E-state index contributed by atoms with van der Waals surface area (Å²) >= 11 is 0. The van der Waals surface area contributed by atoms with E-state index in [9.17, 15) is 5.11 Å². The van der Waals surface area contributed by atoms with Crippen molar-refractivity contribution in [1.29, 1.82) is 0 Å². The van der Waals surface area contributed by atoms with Gasteiger partial charge in [0, 0.05) is 6.54 Å². The Hall–Kier alpha value is -1.06. The van der Waals surface area contributed by atoms with Gasteiger partial charge in [0.2, 0.25) is 0 Å². The number of benzene rings is 1. The number of aryl methyl sites for hydroxylation is 2. The third-order valence-corrected chi connectivity index (χ3v) is 2.76. The highest BCUT2D eigenvalue weighted by molar-refractivity contribution is 5.32. The number of hydrogen-bond donors (Lipinski definition) is 2. The smallest absolute Gasteiger partial charge is 0.119 e. The molecule has 3 N–H and O–H groups in total. The van der Waals surface area contributed by atoms with Gasteiger partial charge in [-0.15, -0.1) is 0 Å². The molecule has 0 amide bonds. The Kier molecular flexibility index (Phi) is 4.97. The Balaban J connectivity index is 2.36. The fourth-order valence-corrected chi connectivity index (χ4v) is 1.76. The topological polar surface area (TPSA) is 55.5 Å². The molecule has 1 unspecified atom stereocenters. The van der Waals surface area contributed by atoms with Gasteiger partial charge in [0.05, 0.1) is 12.2 Å². The van der Waals surface area contributed by atoms with Crippen LogP contribution in [0.4, 0.5) is 0 Å². The second-order valence-electron chi connectivity index (χ2n) is 4.98. The summed E-state index contributed by atoms with van der Waals surface area (Å²) in [4.78, 5) is 0. The van der Waals surface area contributed by atoms with Gasteiger partial charge in [0.15, 0.2) is 0 Å². The van der Waals surface area contributed by atoms with Crippen molar-refractivity contribution in [3.63, 3.8) is 0 Å². The van der Waals surface area contributed by atoms with E-state index in [2.05, 4.69) is 19.9 Å².